The summed E-state index contributed by atoms with van der Waals surface area (Å²) < 4.78 is 42.5. The summed E-state index contributed by atoms with van der Waals surface area (Å²) in [5, 5.41) is 10.5. The summed E-state index contributed by atoms with van der Waals surface area (Å²) in [4.78, 5) is 24.6. The number of hydrogen-bond donors (Lipinski definition) is 1. The smallest absolute Gasteiger partial charge is 0.267 e. The SMILES string of the molecule is Cc1cc(C)n(-c2ccc(=O)n(C(C)C(=O)Nc3ccc(F)c(F)c3F)n2)n1. The molecule has 7 nitrogen and oxygen atoms in total. The Morgan fingerprint density at radius 2 is 1.79 bits per heavy atom. The predicted octanol–water partition coefficient (Wildman–Crippen LogP) is 2.66. The number of benzene rings is 1. The average Bonchev–Trinajstić information content (AvgIpc) is 3.00. The summed E-state index contributed by atoms with van der Waals surface area (Å²) in [6.45, 7) is 4.97. The maximum Gasteiger partial charge on any atom is 0.267 e. The fraction of sp³-hybridized carbons (Fsp3) is 0.222. The van der Waals surface area contributed by atoms with Crippen LogP contribution in [-0.4, -0.2) is 25.5 Å². The Kier molecular flexibility index (Phi) is 5.04. The lowest BCUT2D eigenvalue weighted by Crippen LogP contribution is -2.34. The molecule has 0 saturated heterocycles. The minimum Gasteiger partial charge on any atom is -0.322 e. The third-order valence-corrected chi connectivity index (χ3v) is 4.08. The topological polar surface area (TPSA) is 81.8 Å². The highest BCUT2D eigenvalue weighted by atomic mass is 19.2. The van der Waals surface area contributed by atoms with E-state index in [1.165, 1.54) is 23.7 Å². The zero-order valence-electron chi connectivity index (χ0n) is 15.2. The van der Waals surface area contributed by atoms with Gasteiger partial charge in [0.2, 0.25) is 5.91 Å². The van der Waals surface area contributed by atoms with Crippen molar-refractivity contribution < 1.29 is 18.0 Å². The molecule has 1 amide bonds. The highest BCUT2D eigenvalue weighted by Crippen LogP contribution is 2.20. The number of nitrogens with zero attached hydrogens (tertiary/aromatic N) is 4. The second-order valence-electron chi connectivity index (χ2n) is 6.20. The molecule has 0 radical (unpaired) electrons. The first-order chi connectivity index (χ1) is 13.2. The van der Waals surface area contributed by atoms with Crippen LogP contribution in [0.15, 0.2) is 35.1 Å². The monoisotopic (exact) mass is 391 g/mol. The lowest BCUT2D eigenvalue weighted by molar-refractivity contribution is -0.119. The maximum atomic E-state index is 13.8. The lowest BCUT2D eigenvalue weighted by Gasteiger charge is -2.15. The van der Waals surface area contributed by atoms with Crippen LogP contribution >= 0.6 is 0 Å². The third kappa shape index (κ3) is 3.53. The summed E-state index contributed by atoms with van der Waals surface area (Å²) >= 11 is 0. The Hall–Kier alpha value is -3.43. The zero-order valence-corrected chi connectivity index (χ0v) is 15.2. The molecule has 0 fully saturated rings. The first kappa shape index (κ1) is 19.3. The molecular weight excluding hydrogens is 375 g/mol. The number of rotatable bonds is 4. The molecule has 3 rings (SSSR count). The van der Waals surface area contributed by atoms with Crippen LogP contribution < -0.4 is 10.9 Å². The van der Waals surface area contributed by atoms with Crippen LogP contribution in [0.2, 0.25) is 0 Å². The molecule has 146 valence electrons. The van der Waals surface area contributed by atoms with E-state index in [4.69, 9.17) is 0 Å². The van der Waals surface area contributed by atoms with E-state index in [0.717, 1.165) is 22.1 Å². The van der Waals surface area contributed by atoms with Crippen molar-refractivity contribution in [1.82, 2.24) is 19.6 Å². The molecule has 1 atom stereocenters. The quantitative estimate of drug-likeness (QED) is 0.694. The van der Waals surface area contributed by atoms with Crippen molar-refractivity contribution in [2.45, 2.75) is 26.8 Å². The van der Waals surface area contributed by atoms with Gasteiger partial charge in [0.15, 0.2) is 23.3 Å². The molecule has 0 bridgehead atoms. The van der Waals surface area contributed by atoms with Gasteiger partial charge in [-0.3, -0.25) is 9.59 Å². The maximum absolute atomic E-state index is 13.8. The van der Waals surface area contributed by atoms with Gasteiger partial charge in [0.1, 0.15) is 6.04 Å². The van der Waals surface area contributed by atoms with E-state index in [1.54, 1.807) is 13.8 Å². The first-order valence-corrected chi connectivity index (χ1v) is 8.27. The van der Waals surface area contributed by atoms with Gasteiger partial charge in [-0.25, -0.2) is 22.5 Å². The Morgan fingerprint density at radius 3 is 2.43 bits per heavy atom. The molecule has 0 spiro atoms. The largest absolute Gasteiger partial charge is 0.322 e. The van der Waals surface area contributed by atoms with E-state index in [2.05, 4.69) is 15.5 Å². The molecule has 2 aromatic heterocycles. The van der Waals surface area contributed by atoms with E-state index in [9.17, 15) is 22.8 Å². The van der Waals surface area contributed by atoms with Crippen LogP contribution in [0.5, 0.6) is 0 Å². The minimum absolute atomic E-state index is 0.309. The van der Waals surface area contributed by atoms with E-state index >= 15 is 0 Å². The van der Waals surface area contributed by atoms with Crippen LogP contribution in [0.25, 0.3) is 5.82 Å². The number of halogens is 3. The highest BCUT2D eigenvalue weighted by Gasteiger charge is 2.22. The first-order valence-electron chi connectivity index (χ1n) is 8.27. The Labute approximate surface area is 157 Å². The average molecular weight is 391 g/mol. The van der Waals surface area contributed by atoms with Crippen LogP contribution in [0, 0.1) is 31.3 Å². The molecule has 0 aliphatic carbocycles. The van der Waals surface area contributed by atoms with E-state index in [-0.39, 0.29) is 0 Å². The predicted molar refractivity (Wildman–Crippen MR) is 94.7 cm³/mol. The third-order valence-electron chi connectivity index (χ3n) is 4.08. The van der Waals surface area contributed by atoms with Gasteiger partial charge in [0.05, 0.1) is 11.4 Å². The summed E-state index contributed by atoms with van der Waals surface area (Å²) in [6.07, 6.45) is 0. The molecule has 0 aliphatic rings. The summed E-state index contributed by atoms with van der Waals surface area (Å²) in [5.74, 6) is -5.13. The second-order valence-corrected chi connectivity index (χ2v) is 6.20. The molecule has 0 aliphatic heterocycles. The van der Waals surface area contributed by atoms with Crippen LogP contribution in [-0.2, 0) is 4.79 Å². The molecule has 2 heterocycles. The van der Waals surface area contributed by atoms with Gasteiger partial charge in [-0.2, -0.15) is 5.10 Å². The van der Waals surface area contributed by atoms with E-state index in [1.807, 2.05) is 6.07 Å². The van der Waals surface area contributed by atoms with E-state index in [0.29, 0.717) is 11.9 Å². The Bertz CT molecular complexity index is 1120. The number of hydrogen-bond acceptors (Lipinski definition) is 4. The number of carbonyl (C=O) groups is 1. The lowest BCUT2D eigenvalue weighted by atomic mass is 10.2. The van der Waals surface area contributed by atoms with Crippen molar-refractivity contribution in [1.29, 1.82) is 0 Å². The molecule has 10 heteroatoms. The Balaban J connectivity index is 1.92. The molecule has 1 unspecified atom stereocenters. The van der Waals surface area contributed by atoms with Crippen molar-refractivity contribution in [2.24, 2.45) is 0 Å². The second kappa shape index (κ2) is 7.29. The molecule has 0 saturated carbocycles. The van der Waals surface area contributed by atoms with Crippen LogP contribution in [0.1, 0.15) is 24.4 Å². The van der Waals surface area contributed by atoms with Gasteiger partial charge >= 0.3 is 0 Å². The van der Waals surface area contributed by atoms with Crippen molar-refractivity contribution in [3.8, 4) is 5.82 Å². The number of nitrogens with one attached hydrogen (secondary N) is 1. The number of amides is 1. The zero-order chi connectivity index (χ0) is 20.6. The summed E-state index contributed by atoms with van der Waals surface area (Å²) in [6, 6.07) is 4.92. The fourth-order valence-electron chi connectivity index (χ4n) is 2.64. The van der Waals surface area contributed by atoms with Gasteiger partial charge in [-0.1, -0.05) is 0 Å². The van der Waals surface area contributed by atoms with Crippen LogP contribution in [0.4, 0.5) is 18.9 Å². The van der Waals surface area contributed by atoms with Crippen molar-refractivity contribution in [3.05, 3.63) is 69.5 Å². The molecule has 28 heavy (non-hydrogen) atoms. The standard InChI is InChI=1S/C18H16F3N5O2/c1-9-8-10(2)25(23-9)14-6-7-15(27)26(24-14)11(3)18(28)22-13-5-4-12(19)16(20)17(13)21/h4-8,11H,1-3H3,(H,22,28). The number of anilines is 1. The summed E-state index contributed by atoms with van der Waals surface area (Å²) in [7, 11) is 0. The fourth-order valence-corrected chi connectivity index (χ4v) is 2.64. The number of aromatic nitrogens is 4. The number of carbonyl (C=O) groups excluding carboxylic acids is 1. The highest BCUT2D eigenvalue weighted by molar-refractivity contribution is 5.93. The number of aryl methyl sites for hydroxylation is 2. The van der Waals surface area contributed by atoms with Crippen molar-refractivity contribution >= 4 is 11.6 Å². The van der Waals surface area contributed by atoms with Gasteiger partial charge in [0.25, 0.3) is 5.56 Å². The van der Waals surface area contributed by atoms with Gasteiger partial charge in [0, 0.05) is 11.8 Å². The molecule has 1 aromatic carbocycles. The van der Waals surface area contributed by atoms with Gasteiger partial charge in [-0.15, -0.1) is 5.10 Å². The minimum atomic E-state index is -1.70. The van der Waals surface area contributed by atoms with E-state index < -0.39 is 40.6 Å². The van der Waals surface area contributed by atoms with Crippen molar-refractivity contribution in [3.63, 3.8) is 0 Å². The molecule has 3 aromatic rings. The van der Waals surface area contributed by atoms with Crippen molar-refractivity contribution in [2.75, 3.05) is 5.32 Å². The summed E-state index contributed by atoms with van der Waals surface area (Å²) in [5.41, 5.74) is 0.407. The molecular formula is C18H16F3N5O2. The van der Waals surface area contributed by atoms with Gasteiger partial charge < -0.3 is 5.32 Å². The molecule has 1 N–H and O–H groups in total. The van der Waals surface area contributed by atoms with Crippen LogP contribution in [0.3, 0.4) is 0 Å². The Morgan fingerprint density at radius 1 is 1.07 bits per heavy atom. The van der Waals surface area contributed by atoms with Gasteiger partial charge in [-0.05, 0) is 45.0 Å². The normalized spacial score (nSPS) is 12.1.